The lowest BCUT2D eigenvalue weighted by Crippen LogP contribution is -2.05. The number of hydrogen-bond donors (Lipinski definition) is 1. The number of aryl methyl sites for hydroxylation is 1. The second-order valence-electron chi connectivity index (χ2n) is 4.79. The minimum Gasteiger partial charge on any atom is -0.365 e. The van der Waals surface area contributed by atoms with E-state index in [0.717, 1.165) is 0 Å². The lowest BCUT2D eigenvalue weighted by Gasteiger charge is -2.08. The number of aromatic nitrogens is 3. The van der Waals surface area contributed by atoms with E-state index in [1.807, 2.05) is 0 Å². The molecule has 0 saturated heterocycles. The van der Waals surface area contributed by atoms with Crippen LogP contribution in [0.2, 0.25) is 0 Å². The number of nitrogens with one attached hydrogen (secondary N) is 1. The quantitative estimate of drug-likeness (QED) is 0.570. The van der Waals surface area contributed by atoms with Crippen molar-refractivity contribution in [3.8, 4) is 11.5 Å². The van der Waals surface area contributed by atoms with Crippen LogP contribution in [0.4, 0.5) is 11.5 Å². The summed E-state index contributed by atoms with van der Waals surface area (Å²) in [6, 6.07) is 10.1. The molecule has 1 N–H and O–H groups in total. The van der Waals surface area contributed by atoms with Crippen LogP contribution in [-0.4, -0.2) is 20.0 Å². The van der Waals surface area contributed by atoms with Gasteiger partial charge in [-0.25, -0.2) is 4.98 Å². The van der Waals surface area contributed by atoms with Crippen molar-refractivity contribution in [3.63, 3.8) is 0 Å². The van der Waals surface area contributed by atoms with Gasteiger partial charge in [0.2, 0.25) is 0 Å². The van der Waals surface area contributed by atoms with E-state index in [9.17, 15) is 10.1 Å². The van der Waals surface area contributed by atoms with Crippen LogP contribution in [0, 0.1) is 17.0 Å². The van der Waals surface area contributed by atoms with Crippen LogP contribution in [0.1, 0.15) is 11.4 Å². The fourth-order valence-electron chi connectivity index (χ4n) is 2.14. The number of benzene rings is 1. The highest BCUT2D eigenvalue weighted by Crippen LogP contribution is 2.25. The summed E-state index contributed by atoms with van der Waals surface area (Å²) in [6.07, 6.45) is 1.62. The molecule has 8 nitrogen and oxygen atoms in total. The van der Waals surface area contributed by atoms with Crippen LogP contribution in [0.25, 0.3) is 11.5 Å². The summed E-state index contributed by atoms with van der Waals surface area (Å²) in [5.41, 5.74) is 1.27. The Morgan fingerprint density at radius 3 is 2.83 bits per heavy atom. The molecule has 116 valence electrons. The van der Waals surface area contributed by atoms with Gasteiger partial charge in [0.1, 0.15) is 5.82 Å². The molecule has 1 aromatic carbocycles. The van der Waals surface area contributed by atoms with Crippen molar-refractivity contribution in [1.29, 1.82) is 0 Å². The maximum absolute atomic E-state index is 11.1. The van der Waals surface area contributed by atoms with Gasteiger partial charge < -0.3 is 9.84 Å². The van der Waals surface area contributed by atoms with Crippen molar-refractivity contribution < 1.29 is 9.45 Å². The fraction of sp³-hybridized carbons (Fsp3) is 0.133. The molecule has 0 aliphatic carbocycles. The Bertz CT molecular complexity index is 846. The van der Waals surface area contributed by atoms with Crippen LogP contribution in [0.15, 0.2) is 47.1 Å². The first-order chi connectivity index (χ1) is 11.1. The lowest BCUT2D eigenvalue weighted by atomic mass is 10.1. The highest BCUT2D eigenvalue weighted by atomic mass is 16.6. The molecule has 0 saturated carbocycles. The molecule has 0 fully saturated rings. The van der Waals surface area contributed by atoms with E-state index < -0.39 is 4.92 Å². The number of nitrogens with zero attached hydrogens (tertiary/aromatic N) is 4. The van der Waals surface area contributed by atoms with Gasteiger partial charge in [-0.05, 0) is 19.1 Å². The number of hydrogen-bond acceptors (Lipinski definition) is 7. The summed E-state index contributed by atoms with van der Waals surface area (Å²) < 4.78 is 5.16. The van der Waals surface area contributed by atoms with Crippen LogP contribution in [-0.2, 0) is 6.54 Å². The van der Waals surface area contributed by atoms with Gasteiger partial charge >= 0.3 is 0 Å². The highest BCUT2D eigenvalue weighted by molar-refractivity contribution is 5.68. The Labute approximate surface area is 131 Å². The van der Waals surface area contributed by atoms with Crippen LogP contribution >= 0.6 is 0 Å². The van der Waals surface area contributed by atoms with E-state index >= 15 is 0 Å². The molecule has 3 rings (SSSR count). The number of pyridine rings is 1. The van der Waals surface area contributed by atoms with Gasteiger partial charge in [-0.2, -0.15) is 4.98 Å². The molecule has 2 aromatic heterocycles. The molecule has 0 spiro atoms. The normalized spacial score (nSPS) is 10.5. The molecule has 0 aliphatic rings. The maximum Gasteiger partial charge on any atom is 0.274 e. The molecule has 3 aromatic rings. The molecule has 8 heteroatoms. The predicted molar refractivity (Wildman–Crippen MR) is 82.7 cm³/mol. The van der Waals surface area contributed by atoms with Crippen molar-refractivity contribution in [1.82, 2.24) is 15.1 Å². The largest absolute Gasteiger partial charge is 0.365 e. The summed E-state index contributed by atoms with van der Waals surface area (Å²) in [7, 11) is 0. The minimum absolute atomic E-state index is 0.0612. The zero-order chi connectivity index (χ0) is 16.2. The Morgan fingerprint density at radius 1 is 1.26 bits per heavy atom. The van der Waals surface area contributed by atoms with Crippen molar-refractivity contribution >= 4 is 11.5 Å². The first-order valence-electron chi connectivity index (χ1n) is 6.87. The number of nitro groups is 1. The molecule has 0 bridgehead atoms. The molecule has 23 heavy (non-hydrogen) atoms. The zero-order valence-corrected chi connectivity index (χ0v) is 12.3. The SMILES string of the molecule is Cc1noc(-c2cccnc2NCc2ccccc2[N+](=O)[O-])n1. The van der Waals surface area contributed by atoms with Crippen molar-refractivity contribution in [2.24, 2.45) is 0 Å². The van der Waals surface area contributed by atoms with Crippen LogP contribution < -0.4 is 5.32 Å². The van der Waals surface area contributed by atoms with Gasteiger partial charge in [0.15, 0.2) is 5.82 Å². The Kier molecular flexibility index (Phi) is 3.96. The van der Waals surface area contributed by atoms with Gasteiger partial charge in [0, 0.05) is 24.4 Å². The van der Waals surface area contributed by atoms with Crippen LogP contribution in [0.3, 0.4) is 0 Å². The summed E-state index contributed by atoms with van der Waals surface area (Å²) in [6.45, 7) is 1.98. The third-order valence-electron chi connectivity index (χ3n) is 3.20. The first-order valence-corrected chi connectivity index (χ1v) is 6.87. The summed E-state index contributed by atoms with van der Waals surface area (Å²) in [5, 5.41) is 17.9. The molecule has 0 unspecified atom stereocenters. The predicted octanol–water partition coefficient (Wildman–Crippen LogP) is 2.96. The molecule has 0 atom stereocenters. The topological polar surface area (TPSA) is 107 Å². The summed E-state index contributed by atoms with van der Waals surface area (Å²) in [5.74, 6) is 1.39. The monoisotopic (exact) mass is 311 g/mol. The standard InChI is InChI=1S/C15H13N5O3/c1-10-18-15(23-19-10)12-6-4-8-16-14(12)17-9-11-5-2-3-7-13(11)20(21)22/h2-8H,9H2,1H3,(H,16,17). The smallest absolute Gasteiger partial charge is 0.274 e. The third kappa shape index (κ3) is 3.15. The zero-order valence-electron chi connectivity index (χ0n) is 12.3. The van der Waals surface area contributed by atoms with E-state index in [1.165, 1.54) is 6.07 Å². The Morgan fingerprint density at radius 2 is 2.09 bits per heavy atom. The van der Waals surface area contributed by atoms with E-state index in [-0.39, 0.29) is 12.2 Å². The third-order valence-corrected chi connectivity index (χ3v) is 3.20. The van der Waals surface area contributed by atoms with Gasteiger partial charge in [-0.1, -0.05) is 23.4 Å². The number of nitro benzene ring substituents is 1. The van der Waals surface area contributed by atoms with Gasteiger partial charge in [0.25, 0.3) is 11.6 Å². The van der Waals surface area contributed by atoms with Crippen molar-refractivity contribution in [2.75, 3.05) is 5.32 Å². The van der Waals surface area contributed by atoms with E-state index in [1.54, 1.807) is 43.5 Å². The lowest BCUT2D eigenvalue weighted by molar-refractivity contribution is -0.385. The first kappa shape index (κ1) is 14.6. The van der Waals surface area contributed by atoms with Gasteiger partial charge in [-0.15, -0.1) is 0 Å². The van der Waals surface area contributed by atoms with E-state index in [0.29, 0.717) is 28.7 Å². The Hall–Kier alpha value is -3.29. The highest BCUT2D eigenvalue weighted by Gasteiger charge is 2.15. The average Bonchev–Trinajstić information content (AvgIpc) is 2.99. The Balaban J connectivity index is 1.86. The molecular weight excluding hydrogens is 298 g/mol. The fourth-order valence-corrected chi connectivity index (χ4v) is 2.14. The molecule has 0 radical (unpaired) electrons. The number of anilines is 1. The van der Waals surface area contributed by atoms with Gasteiger partial charge in [-0.3, -0.25) is 10.1 Å². The summed E-state index contributed by atoms with van der Waals surface area (Å²) in [4.78, 5) is 19.1. The van der Waals surface area contributed by atoms with Crippen molar-refractivity contribution in [3.05, 3.63) is 64.1 Å². The number of para-hydroxylation sites is 1. The minimum atomic E-state index is -0.405. The van der Waals surface area contributed by atoms with E-state index in [4.69, 9.17) is 4.52 Å². The second-order valence-corrected chi connectivity index (χ2v) is 4.79. The maximum atomic E-state index is 11.1. The summed E-state index contributed by atoms with van der Waals surface area (Å²) >= 11 is 0. The molecular formula is C15H13N5O3. The molecule has 2 heterocycles. The second kappa shape index (κ2) is 6.22. The van der Waals surface area contributed by atoms with E-state index in [2.05, 4.69) is 20.4 Å². The molecule has 0 amide bonds. The van der Waals surface area contributed by atoms with Crippen molar-refractivity contribution in [2.45, 2.75) is 13.5 Å². The average molecular weight is 311 g/mol. The number of rotatable bonds is 5. The van der Waals surface area contributed by atoms with Crippen LogP contribution in [0.5, 0.6) is 0 Å². The molecule has 0 aliphatic heterocycles. The van der Waals surface area contributed by atoms with Gasteiger partial charge in [0.05, 0.1) is 10.5 Å².